The number of aromatic nitrogens is 2. The van der Waals surface area contributed by atoms with Gasteiger partial charge in [-0.2, -0.15) is 5.10 Å². The van der Waals surface area contributed by atoms with Gasteiger partial charge in [0.15, 0.2) is 0 Å². The average Bonchev–Trinajstić information content (AvgIpc) is 2.76. The van der Waals surface area contributed by atoms with Crippen molar-refractivity contribution in [2.24, 2.45) is 0 Å². The molecule has 2 rings (SSSR count). The maximum absolute atomic E-state index is 12.9. The van der Waals surface area contributed by atoms with Gasteiger partial charge in [-0.3, -0.25) is 4.68 Å². The number of benzene rings is 1. The second kappa shape index (κ2) is 5.12. The summed E-state index contributed by atoms with van der Waals surface area (Å²) in [5, 5.41) is 4.04. The van der Waals surface area contributed by atoms with E-state index in [0.29, 0.717) is 18.9 Å². The van der Waals surface area contributed by atoms with Gasteiger partial charge in [-0.15, -0.1) is 0 Å². The molecular formula is C11H10BrFN2O. The topological polar surface area (TPSA) is 27.1 Å². The van der Waals surface area contributed by atoms with Crippen LogP contribution in [0.3, 0.4) is 0 Å². The van der Waals surface area contributed by atoms with Gasteiger partial charge in [-0.05, 0) is 34.1 Å². The molecule has 0 fully saturated rings. The highest BCUT2D eigenvalue weighted by Crippen LogP contribution is 2.25. The molecule has 5 heteroatoms. The molecule has 0 N–H and O–H groups in total. The summed E-state index contributed by atoms with van der Waals surface area (Å²) in [5.41, 5.74) is 0. The molecule has 0 spiro atoms. The molecule has 0 amide bonds. The Morgan fingerprint density at radius 3 is 3.06 bits per heavy atom. The smallest absolute Gasteiger partial charge is 0.136 e. The summed E-state index contributed by atoms with van der Waals surface area (Å²) in [5.74, 6) is 0.199. The zero-order chi connectivity index (χ0) is 11.4. The number of hydrogen-bond donors (Lipinski definition) is 0. The lowest BCUT2D eigenvalue weighted by molar-refractivity contribution is 0.288. The Balaban J connectivity index is 1.92. The van der Waals surface area contributed by atoms with Crippen LogP contribution in [0, 0.1) is 5.82 Å². The largest absolute Gasteiger partial charge is 0.490 e. The predicted molar refractivity (Wildman–Crippen MR) is 61.8 cm³/mol. The first-order valence-electron chi connectivity index (χ1n) is 4.81. The van der Waals surface area contributed by atoms with Crippen LogP contribution in [0.15, 0.2) is 41.1 Å². The van der Waals surface area contributed by atoms with E-state index < -0.39 is 0 Å². The zero-order valence-corrected chi connectivity index (χ0v) is 10.0. The lowest BCUT2D eigenvalue weighted by Gasteiger charge is -2.08. The standard InChI is InChI=1S/C11H10BrFN2O/c12-10-3-2-9(13)8-11(10)16-7-6-15-5-1-4-14-15/h1-5,8H,6-7H2. The molecule has 1 aromatic heterocycles. The van der Waals surface area contributed by atoms with Crippen LogP contribution in [-0.2, 0) is 6.54 Å². The van der Waals surface area contributed by atoms with Crippen LogP contribution in [0.5, 0.6) is 5.75 Å². The van der Waals surface area contributed by atoms with Gasteiger partial charge in [0, 0.05) is 18.5 Å². The molecule has 0 radical (unpaired) electrons. The van der Waals surface area contributed by atoms with Crippen molar-refractivity contribution >= 4 is 15.9 Å². The van der Waals surface area contributed by atoms with Crippen molar-refractivity contribution in [3.63, 3.8) is 0 Å². The Hall–Kier alpha value is -1.36. The Labute approximate surface area is 101 Å². The monoisotopic (exact) mass is 284 g/mol. The van der Waals surface area contributed by atoms with Crippen LogP contribution in [-0.4, -0.2) is 16.4 Å². The summed E-state index contributed by atoms with van der Waals surface area (Å²) in [6.45, 7) is 1.08. The first kappa shape index (κ1) is 11.1. The third kappa shape index (κ3) is 2.82. The van der Waals surface area contributed by atoms with Gasteiger partial charge >= 0.3 is 0 Å². The molecule has 0 aliphatic heterocycles. The molecule has 0 saturated heterocycles. The van der Waals surface area contributed by atoms with Crippen LogP contribution in [0.2, 0.25) is 0 Å². The second-order valence-corrected chi connectivity index (χ2v) is 4.05. The molecule has 0 saturated carbocycles. The minimum atomic E-state index is -0.308. The van der Waals surface area contributed by atoms with Crippen molar-refractivity contribution in [1.29, 1.82) is 0 Å². The van der Waals surface area contributed by atoms with Gasteiger partial charge in [-0.1, -0.05) is 0 Å². The normalized spacial score (nSPS) is 10.4. The van der Waals surface area contributed by atoms with Crippen molar-refractivity contribution < 1.29 is 9.13 Å². The van der Waals surface area contributed by atoms with Gasteiger partial charge in [-0.25, -0.2) is 4.39 Å². The highest BCUT2D eigenvalue weighted by Gasteiger charge is 2.02. The highest BCUT2D eigenvalue weighted by molar-refractivity contribution is 9.10. The van der Waals surface area contributed by atoms with Crippen molar-refractivity contribution in [2.75, 3.05) is 6.61 Å². The van der Waals surface area contributed by atoms with E-state index in [-0.39, 0.29) is 5.82 Å². The Morgan fingerprint density at radius 1 is 1.44 bits per heavy atom. The fraction of sp³-hybridized carbons (Fsp3) is 0.182. The number of ether oxygens (including phenoxy) is 1. The molecule has 16 heavy (non-hydrogen) atoms. The van der Waals surface area contributed by atoms with Crippen LogP contribution >= 0.6 is 15.9 Å². The summed E-state index contributed by atoms with van der Waals surface area (Å²) in [4.78, 5) is 0. The van der Waals surface area contributed by atoms with E-state index in [1.54, 1.807) is 16.9 Å². The van der Waals surface area contributed by atoms with Crippen LogP contribution in [0.1, 0.15) is 0 Å². The van der Waals surface area contributed by atoms with Crippen LogP contribution < -0.4 is 4.74 Å². The summed E-state index contributed by atoms with van der Waals surface area (Å²) < 4.78 is 20.9. The molecular weight excluding hydrogens is 275 g/mol. The Bertz CT molecular complexity index is 459. The number of rotatable bonds is 4. The van der Waals surface area contributed by atoms with E-state index in [0.717, 1.165) is 4.47 Å². The summed E-state index contributed by atoms with van der Waals surface area (Å²) in [6.07, 6.45) is 3.56. The predicted octanol–water partition coefficient (Wildman–Crippen LogP) is 2.86. The van der Waals surface area contributed by atoms with Crippen molar-refractivity contribution in [3.05, 3.63) is 46.9 Å². The third-order valence-electron chi connectivity index (χ3n) is 2.03. The van der Waals surface area contributed by atoms with Crippen molar-refractivity contribution in [2.45, 2.75) is 6.54 Å². The minimum Gasteiger partial charge on any atom is -0.490 e. The van der Waals surface area contributed by atoms with E-state index in [9.17, 15) is 4.39 Å². The molecule has 0 bridgehead atoms. The average molecular weight is 285 g/mol. The van der Waals surface area contributed by atoms with Crippen molar-refractivity contribution in [3.8, 4) is 5.75 Å². The summed E-state index contributed by atoms with van der Waals surface area (Å²) in [6, 6.07) is 6.20. The first-order chi connectivity index (χ1) is 7.75. The number of halogens is 2. The van der Waals surface area contributed by atoms with E-state index >= 15 is 0 Å². The quantitative estimate of drug-likeness (QED) is 0.863. The maximum Gasteiger partial charge on any atom is 0.136 e. The SMILES string of the molecule is Fc1ccc(Br)c(OCCn2cccn2)c1. The first-order valence-corrected chi connectivity index (χ1v) is 5.60. The minimum absolute atomic E-state index is 0.308. The van der Waals surface area contributed by atoms with Crippen LogP contribution in [0.25, 0.3) is 0 Å². The van der Waals surface area contributed by atoms with Gasteiger partial charge < -0.3 is 4.74 Å². The lowest BCUT2D eigenvalue weighted by Crippen LogP contribution is -2.08. The molecule has 2 aromatic rings. The van der Waals surface area contributed by atoms with Gasteiger partial charge in [0.25, 0.3) is 0 Å². The van der Waals surface area contributed by atoms with E-state index in [1.807, 2.05) is 12.3 Å². The third-order valence-corrected chi connectivity index (χ3v) is 2.69. The fourth-order valence-corrected chi connectivity index (χ4v) is 1.63. The maximum atomic E-state index is 12.9. The van der Waals surface area contributed by atoms with E-state index in [4.69, 9.17) is 4.74 Å². The molecule has 3 nitrogen and oxygen atoms in total. The van der Waals surface area contributed by atoms with E-state index in [1.165, 1.54) is 12.1 Å². The van der Waals surface area contributed by atoms with Gasteiger partial charge in [0.05, 0.1) is 11.0 Å². The molecule has 1 aromatic carbocycles. The number of nitrogens with zero attached hydrogens (tertiary/aromatic N) is 2. The molecule has 0 unspecified atom stereocenters. The molecule has 0 aliphatic rings. The summed E-state index contributed by atoms with van der Waals surface area (Å²) >= 11 is 3.30. The van der Waals surface area contributed by atoms with Gasteiger partial charge in [0.2, 0.25) is 0 Å². The van der Waals surface area contributed by atoms with E-state index in [2.05, 4.69) is 21.0 Å². The molecule has 1 heterocycles. The molecule has 0 aliphatic carbocycles. The Kier molecular flexibility index (Phi) is 3.56. The molecule has 0 atom stereocenters. The zero-order valence-electron chi connectivity index (χ0n) is 8.44. The van der Waals surface area contributed by atoms with Crippen molar-refractivity contribution in [1.82, 2.24) is 9.78 Å². The Morgan fingerprint density at radius 2 is 2.31 bits per heavy atom. The van der Waals surface area contributed by atoms with Crippen LogP contribution in [0.4, 0.5) is 4.39 Å². The second-order valence-electron chi connectivity index (χ2n) is 3.19. The fourth-order valence-electron chi connectivity index (χ4n) is 1.27. The summed E-state index contributed by atoms with van der Waals surface area (Å²) in [7, 11) is 0. The number of hydrogen-bond acceptors (Lipinski definition) is 2. The highest BCUT2D eigenvalue weighted by atomic mass is 79.9. The molecule has 84 valence electrons. The van der Waals surface area contributed by atoms with Gasteiger partial charge in [0.1, 0.15) is 18.2 Å². The lowest BCUT2D eigenvalue weighted by atomic mass is 10.3.